The first kappa shape index (κ1) is 18.4. The van der Waals surface area contributed by atoms with Crippen LogP contribution in [-0.2, 0) is 0 Å². The highest BCUT2D eigenvalue weighted by Crippen LogP contribution is 2.24. The van der Waals surface area contributed by atoms with Crippen molar-refractivity contribution in [3.63, 3.8) is 0 Å². The summed E-state index contributed by atoms with van der Waals surface area (Å²) < 4.78 is 39.7. The van der Waals surface area contributed by atoms with Crippen molar-refractivity contribution >= 4 is 11.7 Å². The highest BCUT2D eigenvalue weighted by atomic mass is 19.4. The molecular formula is C16H20F3N3O2. The molecule has 1 aromatic rings. The fraction of sp³-hybridized carbons (Fsp3) is 0.500. The van der Waals surface area contributed by atoms with Gasteiger partial charge in [-0.1, -0.05) is 12.1 Å². The minimum absolute atomic E-state index is 0.141. The average Bonchev–Trinajstić information content (AvgIpc) is 2.54. The normalized spacial score (nSPS) is 17.3. The second-order valence-corrected chi connectivity index (χ2v) is 5.69. The van der Waals surface area contributed by atoms with Gasteiger partial charge < -0.3 is 10.6 Å². The molecule has 1 amide bonds. The number of hydrogen-bond donors (Lipinski definition) is 2. The lowest BCUT2D eigenvalue weighted by atomic mass is 10.1. The van der Waals surface area contributed by atoms with E-state index in [4.69, 9.17) is 0 Å². The van der Waals surface area contributed by atoms with Gasteiger partial charge in [-0.25, -0.2) is 0 Å². The Morgan fingerprint density at radius 1 is 1.17 bits per heavy atom. The molecule has 0 radical (unpaired) electrons. The van der Waals surface area contributed by atoms with Gasteiger partial charge in [-0.3, -0.25) is 14.5 Å². The zero-order valence-corrected chi connectivity index (χ0v) is 13.3. The molecule has 0 aromatic heterocycles. The summed E-state index contributed by atoms with van der Waals surface area (Å²) in [5.41, 5.74) is 0.668. The Morgan fingerprint density at radius 3 is 2.21 bits per heavy atom. The largest absolute Gasteiger partial charge is 0.405 e. The van der Waals surface area contributed by atoms with Crippen LogP contribution in [0, 0.1) is 0 Å². The van der Waals surface area contributed by atoms with E-state index in [0.717, 1.165) is 0 Å². The Morgan fingerprint density at radius 2 is 1.71 bits per heavy atom. The first-order chi connectivity index (χ1) is 11.3. The number of hydrogen-bond acceptors (Lipinski definition) is 4. The van der Waals surface area contributed by atoms with Crippen LogP contribution in [0.15, 0.2) is 24.3 Å². The smallest absolute Gasteiger partial charge is 0.350 e. The van der Waals surface area contributed by atoms with E-state index < -0.39 is 24.7 Å². The quantitative estimate of drug-likeness (QED) is 0.795. The number of amides is 1. The molecule has 1 aliphatic rings. The SMILES string of the molecule is CC(=O)c1ccc(C(=O)NCC(N2CCNCC2)C(F)(F)F)cc1. The number of alkyl halides is 3. The molecule has 1 aromatic carbocycles. The van der Waals surface area contributed by atoms with E-state index in [2.05, 4.69) is 10.6 Å². The molecule has 24 heavy (non-hydrogen) atoms. The van der Waals surface area contributed by atoms with Gasteiger partial charge in [-0.05, 0) is 19.1 Å². The molecule has 1 heterocycles. The molecule has 1 atom stereocenters. The van der Waals surface area contributed by atoms with E-state index in [9.17, 15) is 22.8 Å². The van der Waals surface area contributed by atoms with Crippen molar-refractivity contribution in [3.8, 4) is 0 Å². The Labute approximate surface area is 138 Å². The molecule has 0 spiro atoms. The zero-order chi connectivity index (χ0) is 17.7. The lowest BCUT2D eigenvalue weighted by molar-refractivity contribution is -0.183. The second kappa shape index (κ2) is 7.76. The second-order valence-electron chi connectivity index (χ2n) is 5.69. The molecule has 0 aliphatic carbocycles. The number of carbonyl (C=O) groups is 2. The highest BCUT2D eigenvalue weighted by molar-refractivity contribution is 5.97. The summed E-state index contributed by atoms with van der Waals surface area (Å²) in [5.74, 6) is -0.729. The standard InChI is InChI=1S/C16H20F3N3O2/c1-11(23)12-2-4-13(5-3-12)15(24)21-10-14(16(17,18)19)22-8-6-20-7-9-22/h2-5,14,20H,6-10H2,1H3,(H,21,24). The van der Waals surface area contributed by atoms with Gasteiger partial charge in [-0.2, -0.15) is 13.2 Å². The maximum absolute atomic E-state index is 13.2. The summed E-state index contributed by atoms with van der Waals surface area (Å²) in [6.45, 7) is 2.45. The molecule has 5 nitrogen and oxygen atoms in total. The number of rotatable bonds is 5. The number of halogens is 3. The van der Waals surface area contributed by atoms with Gasteiger partial charge in [0.25, 0.3) is 5.91 Å². The van der Waals surface area contributed by atoms with Crippen LogP contribution in [0.1, 0.15) is 27.6 Å². The van der Waals surface area contributed by atoms with Crippen molar-refractivity contribution in [2.24, 2.45) is 0 Å². The lowest BCUT2D eigenvalue weighted by Gasteiger charge is -2.35. The summed E-state index contributed by atoms with van der Waals surface area (Å²) >= 11 is 0. The van der Waals surface area contributed by atoms with E-state index in [1.165, 1.54) is 36.1 Å². The number of benzene rings is 1. The van der Waals surface area contributed by atoms with Crippen LogP contribution in [-0.4, -0.2) is 61.5 Å². The van der Waals surface area contributed by atoms with Crippen molar-refractivity contribution in [3.05, 3.63) is 35.4 Å². The maximum Gasteiger partial charge on any atom is 0.405 e. The number of ketones is 1. The third-order valence-electron chi connectivity index (χ3n) is 3.98. The molecule has 132 valence electrons. The molecule has 1 aliphatic heterocycles. The minimum Gasteiger partial charge on any atom is -0.350 e. The monoisotopic (exact) mass is 343 g/mol. The average molecular weight is 343 g/mol. The van der Waals surface area contributed by atoms with Gasteiger partial charge in [0.05, 0.1) is 0 Å². The number of Topliss-reactive ketones (excluding diaryl/α,β-unsaturated/α-hetero) is 1. The lowest BCUT2D eigenvalue weighted by Crippen LogP contribution is -2.57. The molecule has 1 saturated heterocycles. The zero-order valence-electron chi connectivity index (χ0n) is 13.3. The van der Waals surface area contributed by atoms with Crippen molar-refractivity contribution < 1.29 is 22.8 Å². The van der Waals surface area contributed by atoms with Crippen LogP contribution >= 0.6 is 0 Å². The Balaban J connectivity index is 1.99. The summed E-state index contributed by atoms with van der Waals surface area (Å²) in [4.78, 5) is 24.6. The third kappa shape index (κ3) is 4.78. The van der Waals surface area contributed by atoms with Crippen LogP contribution in [0.2, 0.25) is 0 Å². The van der Waals surface area contributed by atoms with E-state index in [-0.39, 0.29) is 24.4 Å². The molecule has 2 rings (SSSR count). The Bertz CT molecular complexity index is 581. The van der Waals surface area contributed by atoms with E-state index in [1.54, 1.807) is 0 Å². The molecular weight excluding hydrogens is 323 g/mol. The van der Waals surface area contributed by atoms with Gasteiger partial charge in [0.2, 0.25) is 0 Å². The van der Waals surface area contributed by atoms with Crippen LogP contribution in [0.4, 0.5) is 13.2 Å². The molecule has 0 saturated carbocycles. The van der Waals surface area contributed by atoms with Gasteiger partial charge in [-0.15, -0.1) is 0 Å². The predicted octanol–water partition coefficient (Wildman–Crippen LogP) is 1.46. The van der Waals surface area contributed by atoms with Gasteiger partial charge in [0.15, 0.2) is 5.78 Å². The molecule has 2 N–H and O–H groups in total. The topological polar surface area (TPSA) is 61.4 Å². The number of piperazine rings is 1. The fourth-order valence-electron chi connectivity index (χ4n) is 2.59. The Kier molecular flexibility index (Phi) is 5.95. The highest BCUT2D eigenvalue weighted by Gasteiger charge is 2.43. The number of nitrogens with one attached hydrogen (secondary N) is 2. The first-order valence-electron chi connectivity index (χ1n) is 7.69. The van der Waals surface area contributed by atoms with Crippen molar-refractivity contribution in [1.82, 2.24) is 15.5 Å². The summed E-state index contributed by atoms with van der Waals surface area (Å²) in [6.07, 6.45) is -4.41. The molecule has 1 unspecified atom stereocenters. The summed E-state index contributed by atoms with van der Waals surface area (Å²) in [6, 6.07) is 4.11. The van der Waals surface area contributed by atoms with E-state index in [0.29, 0.717) is 18.7 Å². The van der Waals surface area contributed by atoms with E-state index in [1.807, 2.05) is 0 Å². The van der Waals surface area contributed by atoms with Crippen molar-refractivity contribution in [2.75, 3.05) is 32.7 Å². The predicted molar refractivity (Wildman–Crippen MR) is 83.1 cm³/mol. The molecule has 8 heteroatoms. The third-order valence-corrected chi connectivity index (χ3v) is 3.98. The Hall–Kier alpha value is -1.93. The number of carbonyl (C=O) groups excluding carboxylic acids is 2. The molecule has 1 fully saturated rings. The van der Waals surface area contributed by atoms with Gasteiger partial charge in [0, 0.05) is 43.9 Å². The fourth-order valence-corrected chi connectivity index (χ4v) is 2.59. The molecule has 0 bridgehead atoms. The van der Waals surface area contributed by atoms with Crippen LogP contribution in [0.5, 0.6) is 0 Å². The van der Waals surface area contributed by atoms with Gasteiger partial charge in [0.1, 0.15) is 6.04 Å². The van der Waals surface area contributed by atoms with Crippen LogP contribution in [0.25, 0.3) is 0 Å². The number of nitrogens with zero attached hydrogens (tertiary/aromatic N) is 1. The van der Waals surface area contributed by atoms with Crippen molar-refractivity contribution in [1.29, 1.82) is 0 Å². The van der Waals surface area contributed by atoms with Crippen molar-refractivity contribution in [2.45, 2.75) is 19.1 Å². The van der Waals surface area contributed by atoms with Crippen LogP contribution in [0.3, 0.4) is 0 Å². The van der Waals surface area contributed by atoms with E-state index >= 15 is 0 Å². The first-order valence-corrected chi connectivity index (χ1v) is 7.69. The van der Waals surface area contributed by atoms with Gasteiger partial charge >= 0.3 is 6.18 Å². The summed E-state index contributed by atoms with van der Waals surface area (Å²) in [5, 5.41) is 5.35. The van der Waals surface area contributed by atoms with Crippen LogP contribution < -0.4 is 10.6 Å². The summed E-state index contributed by atoms with van der Waals surface area (Å²) in [7, 11) is 0. The minimum atomic E-state index is -4.41. The maximum atomic E-state index is 13.2.